The molecule has 1 heterocycles. The maximum absolute atomic E-state index is 11.6. The van der Waals surface area contributed by atoms with Gasteiger partial charge in [-0.05, 0) is 19.3 Å². The molecule has 1 aromatic heterocycles. The van der Waals surface area contributed by atoms with Crippen LogP contribution in [-0.4, -0.2) is 28.1 Å². The fourth-order valence-electron chi connectivity index (χ4n) is 1.56. The number of carboxylic acids is 1. The number of carbonyl (C=O) groups is 2. The first kappa shape index (κ1) is 15.4. The van der Waals surface area contributed by atoms with Crippen LogP contribution in [0.3, 0.4) is 0 Å². The molecule has 1 rings (SSSR count). The van der Waals surface area contributed by atoms with E-state index < -0.39 is 18.0 Å². The number of hydrogen-bond donors (Lipinski definition) is 3. The average molecular weight is 285 g/mol. The summed E-state index contributed by atoms with van der Waals surface area (Å²) in [6.07, 6.45) is 0.401. The number of aromatic nitrogens is 1. The van der Waals surface area contributed by atoms with Crippen LogP contribution >= 0.6 is 11.3 Å². The van der Waals surface area contributed by atoms with Crippen molar-refractivity contribution >= 4 is 23.3 Å². The number of amides is 2. The minimum absolute atomic E-state index is 0.197. The maximum Gasteiger partial charge on any atom is 0.326 e. The van der Waals surface area contributed by atoms with Crippen LogP contribution in [0.2, 0.25) is 0 Å². The smallest absolute Gasteiger partial charge is 0.326 e. The van der Waals surface area contributed by atoms with Gasteiger partial charge in [0.2, 0.25) is 0 Å². The number of rotatable bonds is 6. The van der Waals surface area contributed by atoms with E-state index in [1.807, 2.05) is 26.2 Å². The van der Waals surface area contributed by atoms with Gasteiger partial charge < -0.3 is 15.7 Å². The van der Waals surface area contributed by atoms with Crippen LogP contribution in [-0.2, 0) is 11.3 Å². The van der Waals surface area contributed by atoms with Gasteiger partial charge in [0.1, 0.15) is 6.04 Å². The van der Waals surface area contributed by atoms with Gasteiger partial charge in [0, 0.05) is 5.38 Å². The van der Waals surface area contributed by atoms with Crippen LogP contribution in [0.15, 0.2) is 5.38 Å². The lowest BCUT2D eigenvalue weighted by Crippen LogP contribution is -2.46. The van der Waals surface area contributed by atoms with Gasteiger partial charge in [-0.15, -0.1) is 11.3 Å². The van der Waals surface area contributed by atoms with Crippen LogP contribution in [0.1, 0.15) is 31.0 Å². The predicted molar refractivity (Wildman–Crippen MR) is 73.1 cm³/mol. The van der Waals surface area contributed by atoms with Crippen molar-refractivity contribution in [3.63, 3.8) is 0 Å². The molecule has 0 spiro atoms. The molecule has 0 saturated carbocycles. The van der Waals surface area contributed by atoms with Gasteiger partial charge in [-0.3, -0.25) is 0 Å². The molecule has 0 fully saturated rings. The molecule has 7 heteroatoms. The molecular formula is C12H19N3O3S. The van der Waals surface area contributed by atoms with Crippen molar-refractivity contribution in [2.75, 3.05) is 0 Å². The molecule has 106 valence electrons. The molecule has 0 aliphatic carbocycles. The van der Waals surface area contributed by atoms with E-state index in [0.717, 1.165) is 10.7 Å². The van der Waals surface area contributed by atoms with Crippen molar-refractivity contribution < 1.29 is 14.7 Å². The zero-order chi connectivity index (χ0) is 14.4. The number of hydrogen-bond acceptors (Lipinski definition) is 4. The van der Waals surface area contributed by atoms with Crippen molar-refractivity contribution in [2.45, 2.75) is 39.8 Å². The average Bonchev–Trinajstić information content (AvgIpc) is 2.71. The minimum Gasteiger partial charge on any atom is -0.480 e. The van der Waals surface area contributed by atoms with Crippen LogP contribution < -0.4 is 10.6 Å². The number of nitrogens with one attached hydrogen (secondary N) is 2. The summed E-state index contributed by atoms with van der Waals surface area (Å²) in [5.74, 6) is -0.823. The highest BCUT2D eigenvalue weighted by molar-refractivity contribution is 7.09. The van der Waals surface area contributed by atoms with Crippen molar-refractivity contribution in [3.8, 4) is 0 Å². The SMILES string of the molecule is Cc1nc(CNC(=O)NC(CC(C)C)C(=O)O)cs1. The maximum atomic E-state index is 11.6. The van der Waals surface area contributed by atoms with Gasteiger partial charge >= 0.3 is 12.0 Å². The van der Waals surface area contributed by atoms with Crippen molar-refractivity contribution in [2.24, 2.45) is 5.92 Å². The van der Waals surface area contributed by atoms with Gasteiger partial charge in [0.05, 0.1) is 17.2 Å². The van der Waals surface area contributed by atoms with Gasteiger partial charge in [-0.25, -0.2) is 14.6 Å². The molecular weight excluding hydrogens is 266 g/mol. The zero-order valence-corrected chi connectivity index (χ0v) is 12.1. The standard InChI is InChI=1S/C12H19N3O3S/c1-7(2)4-10(11(16)17)15-12(18)13-5-9-6-19-8(3)14-9/h6-7,10H,4-5H2,1-3H3,(H,16,17)(H2,13,15,18). The number of nitrogens with zero attached hydrogens (tertiary/aromatic N) is 1. The number of thiazole rings is 1. The molecule has 1 aromatic rings. The lowest BCUT2D eigenvalue weighted by molar-refractivity contribution is -0.139. The summed E-state index contributed by atoms with van der Waals surface area (Å²) in [6.45, 7) is 6.00. The Hall–Kier alpha value is -1.63. The highest BCUT2D eigenvalue weighted by Crippen LogP contribution is 2.07. The van der Waals surface area contributed by atoms with Crippen LogP contribution in [0.25, 0.3) is 0 Å². The van der Waals surface area contributed by atoms with E-state index in [4.69, 9.17) is 5.11 Å². The molecule has 6 nitrogen and oxygen atoms in total. The second kappa shape index (κ2) is 7.08. The Labute approximate surface area is 116 Å². The molecule has 0 aromatic carbocycles. The first-order valence-electron chi connectivity index (χ1n) is 6.06. The van der Waals surface area contributed by atoms with Crippen LogP contribution in [0.5, 0.6) is 0 Å². The van der Waals surface area contributed by atoms with Crippen molar-refractivity contribution in [1.82, 2.24) is 15.6 Å². The summed E-state index contributed by atoms with van der Waals surface area (Å²) in [5, 5.41) is 16.8. The second-order valence-electron chi connectivity index (χ2n) is 4.71. The Morgan fingerprint density at radius 1 is 1.47 bits per heavy atom. The second-order valence-corrected chi connectivity index (χ2v) is 5.77. The van der Waals surface area contributed by atoms with E-state index in [1.54, 1.807) is 0 Å². The Morgan fingerprint density at radius 2 is 2.16 bits per heavy atom. The summed E-state index contributed by atoms with van der Waals surface area (Å²) < 4.78 is 0. The predicted octanol–water partition coefficient (Wildman–Crippen LogP) is 1.75. The first-order chi connectivity index (χ1) is 8.88. The van der Waals surface area contributed by atoms with E-state index >= 15 is 0 Å². The zero-order valence-electron chi connectivity index (χ0n) is 11.3. The summed E-state index contributed by atoms with van der Waals surface area (Å²) >= 11 is 1.51. The Kier molecular flexibility index (Phi) is 5.75. The summed E-state index contributed by atoms with van der Waals surface area (Å²) in [4.78, 5) is 26.8. The first-order valence-corrected chi connectivity index (χ1v) is 6.94. The number of aryl methyl sites for hydroxylation is 1. The fourth-order valence-corrected chi connectivity index (χ4v) is 2.18. The summed E-state index contributed by atoms with van der Waals surface area (Å²) in [5.41, 5.74) is 0.772. The number of urea groups is 1. The van der Waals surface area contributed by atoms with Gasteiger partial charge in [-0.2, -0.15) is 0 Å². The third kappa shape index (κ3) is 5.69. The van der Waals surface area contributed by atoms with Crippen LogP contribution in [0.4, 0.5) is 4.79 Å². The highest BCUT2D eigenvalue weighted by atomic mass is 32.1. The van der Waals surface area contributed by atoms with E-state index in [-0.39, 0.29) is 5.92 Å². The Bertz CT molecular complexity index is 445. The topological polar surface area (TPSA) is 91.3 Å². The molecule has 1 atom stereocenters. The lowest BCUT2D eigenvalue weighted by atomic mass is 10.0. The third-order valence-corrected chi connectivity index (χ3v) is 3.23. The number of carbonyl (C=O) groups excluding carboxylic acids is 1. The third-order valence-electron chi connectivity index (χ3n) is 2.41. The molecule has 19 heavy (non-hydrogen) atoms. The Morgan fingerprint density at radius 3 is 2.63 bits per heavy atom. The van der Waals surface area contributed by atoms with E-state index in [2.05, 4.69) is 15.6 Å². The molecule has 1 unspecified atom stereocenters. The van der Waals surface area contributed by atoms with Gasteiger partial charge in [-0.1, -0.05) is 13.8 Å². The monoisotopic (exact) mass is 285 g/mol. The molecule has 3 N–H and O–H groups in total. The lowest BCUT2D eigenvalue weighted by Gasteiger charge is -2.16. The molecule has 0 aliphatic heterocycles. The van der Waals surface area contributed by atoms with Crippen LogP contribution in [0, 0.1) is 12.8 Å². The van der Waals surface area contributed by atoms with Gasteiger partial charge in [0.15, 0.2) is 0 Å². The Balaban J connectivity index is 2.42. The number of aliphatic carboxylic acids is 1. The molecule has 0 aliphatic rings. The van der Waals surface area contributed by atoms with Crippen molar-refractivity contribution in [1.29, 1.82) is 0 Å². The largest absolute Gasteiger partial charge is 0.480 e. The molecule has 0 saturated heterocycles. The van der Waals surface area contributed by atoms with Gasteiger partial charge in [0.25, 0.3) is 0 Å². The number of carboxylic acid groups (broad SMARTS) is 1. The molecule has 0 radical (unpaired) electrons. The summed E-state index contributed by atoms with van der Waals surface area (Å²) in [6, 6.07) is -1.35. The highest BCUT2D eigenvalue weighted by Gasteiger charge is 2.20. The quantitative estimate of drug-likeness (QED) is 0.742. The fraction of sp³-hybridized carbons (Fsp3) is 0.583. The van der Waals surface area contributed by atoms with E-state index in [9.17, 15) is 9.59 Å². The molecule has 0 bridgehead atoms. The minimum atomic E-state index is -1.02. The molecule has 2 amide bonds. The summed E-state index contributed by atoms with van der Waals surface area (Å²) in [7, 11) is 0. The van der Waals surface area contributed by atoms with E-state index in [1.165, 1.54) is 11.3 Å². The van der Waals surface area contributed by atoms with E-state index in [0.29, 0.717) is 13.0 Å². The normalized spacial score (nSPS) is 12.2. The van der Waals surface area contributed by atoms with Crippen molar-refractivity contribution in [3.05, 3.63) is 16.1 Å².